The number of rotatable bonds is 7. The first-order chi connectivity index (χ1) is 7.32. The number of nitrogens with two attached hydrogens (primary N) is 1. The number of carbonyl (C=O) groups excluding carboxylic acids is 1. The summed E-state index contributed by atoms with van der Waals surface area (Å²) in [5.41, 5.74) is 5.62. The van der Waals surface area contributed by atoms with Gasteiger partial charge < -0.3 is 15.4 Å². The minimum atomic E-state index is -0.0166. The van der Waals surface area contributed by atoms with Gasteiger partial charge in [-0.25, -0.2) is 0 Å². The van der Waals surface area contributed by atoms with Crippen molar-refractivity contribution in [2.75, 3.05) is 27.2 Å². The van der Waals surface area contributed by atoms with Gasteiger partial charge in [-0.15, -0.1) is 0 Å². The Kier molecular flexibility index (Phi) is 6.60. The zero-order chi connectivity index (χ0) is 12.8. The highest BCUT2D eigenvalue weighted by molar-refractivity contribution is 5.75. The van der Waals surface area contributed by atoms with Crippen LogP contribution >= 0.6 is 0 Å². The lowest BCUT2D eigenvalue weighted by Crippen LogP contribution is -2.39. The molecular weight excluding hydrogens is 204 g/mol. The first kappa shape index (κ1) is 15.4. The molecule has 0 aliphatic carbocycles. The molecule has 16 heavy (non-hydrogen) atoms. The molecule has 1 unspecified atom stereocenters. The van der Waals surface area contributed by atoms with E-state index in [-0.39, 0.29) is 17.4 Å². The second-order valence-electron chi connectivity index (χ2n) is 5.20. The maximum Gasteiger partial charge on any atom is 0.222 e. The molecular formula is C12H26N2O2. The van der Waals surface area contributed by atoms with Gasteiger partial charge in [0.2, 0.25) is 5.91 Å². The van der Waals surface area contributed by atoms with Gasteiger partial charge >= 0.3 is 0 Å². The lowest BCUT2D eigenvalue weighted by molar-refractivity contribution is -0.131. The number of amides is 1. The number of hydrogen-bond acceptors (Lipinski definition) is 3. The van der Waals surface area contributed by atoms with Crippen molar-refractivity contribution in [1.82, 2.24) is 4.90 Å². The van der Waals surface area contributed by atoms with Crippen molar-refractivity contribution in [3.05, 3.63) is 0 Å². The average Bonchev–Trinajstić information content (AvgIpc) is 2.24. The van der Waals surface area contributed by atoms with Crippen LogP contribution in [0.5, 0.6) is 0 Å². The summed E-state index contributed by atoms with van der Waals surface area (Å²) >= 11 is 0. The summed E-state index contributed by atoms with van der Waals surface area (Å²) in [4.78, 5) is 13.5. The van der Waals surface area contributed by atoms with E-state index in [0.29, 0.717) is 19.5 Å². The fraction of sp³-hybridized carbons (Fsp3) is 0.917. The molecule has 4 heteroatoms. The van der Waals surface area contributed by atoms with E-state index in [1.807, 2.05) is 14.0 Å². The van der Waals surface area contributed by atoms with Gasteiger partial charge in [-0.05, 0) is 25.3 Å². The van der Waals surface area contributed by atoms with E-state index in [1.54, 1.807) is 12.0 Å². The van der Waals surface area contributed by atoms with Gasteiger partial charge in [0.1, 0.15) is 0 Å². The molecule has 2 N–H and O–H groups in total. The Balaban J connectivity index is 4.00. The van der Waals surface area contributed by atoms with Crippen LogP contribution in [-0.4, -0.2) is 44.2 Å². The number of nitrogens with zero attached hydrogens (tertiary/aromatic N) is 1. The molecule has 0 fully saturated rings. The molecule has 0 aromatic heterocycles. The fourth-order valence-corrected chi connectivity index (χ4v) is 1.43. The SMILES string of the molecule is COC(C)CCC(=O)N(C)CC(C)(C)CN. The van der Waals surface area contributed by atoms with Crippen LogP contribution < -0.4 is 5.73 Å². The van der Waals surface area contributed by atoms with Gasteiger partial charge in [0, 0.05) is 27.1 Å². The standard InChI is InChI=1S/C12H26N2O2/c1-10(16-5)6-7-11(15)14(4)9-12(2,3)8-13/h10H,6-9,13H2,1-5H3. The highest BCUT2D eigenvalue weighted by Crippen LogP contribution is 2.15. The Morgan fingerprint density at radius 1 is 1.50 bits per heavy atom. The van der Waals surface area contributed by atoms with Crippen molar-refractivity contribution in [1.29, 1.82) is 0 Å². The quantitative estimate of drug-likeness (QED) is 0.716. The van der Waals surface area contributed by atoms with Crippen LogP contribution in [0.15, 0.2) is 0 Å². The second-order valence-corrected chi connectivity index (χ2v) is 5.20. The predicted octanol–water partition coefficient (Wildman–Crippen LogP) is 1.24. The van der Waals surface area contributed by atoms with Crippen LogP contribution in [0.2, 0.25) is 0 Å². The van der Waals surface area contributed by atoms with Gasteiger partial charge in [-0.2, -0.15) is 0 Å². The zero-order valence-corrected chi connectivity index (χ0v) is 11.2. The van der Waals surface area contributed by atoms with Crippen molar-refractivity contribution in [2.45, 2.75) is 39.7 Å². The molecule has 0 aliphatic rings. The van der Waals surface area contributed by atoms with Crippen LogP contribution in [0.4, 0.5) is 0 Å². The van der Waals surface area contributed by atoms with Crippen LogP contribution in [0, 0.1) is 5.41 Å². The third kappa shape index (κ3) is 6.08. The fourth-order valence-electron chi connectivity index (χ4n) is 1.43. The Morgan fingerprint density at radius 3 is 2.50 bits per heavy atom. The van der Waals surface area contributed by atoms with E-state index >= 15 is 0 Å². The van der Waals surface area contributed by atoms with Gasteiger partial charge in [0.25, 0.3) is 0 Å². The Labute approximate surface area is 99.1 Å². The molecule has 0 aromatic rings. The Hall–Kier alpha value is -0.610. The highest BCUT2D eigenvalue weighted by Gasteiger charge is 2.21. The molecule has 0 saturated carbocycles. The van der Waals surface area contributed by atoms with E-state index < -0.39 is 0 Å². The molecule has 0 saturated heterocycles. The van der Waals surface area contributed by atoms with E-state index in [1.165, 1.54) is 0 Å². The van der Waals surface area contributed by atoms with Crippen LogP contribution in [0.1, 0.15) is 33.6 Å². The molecule has 1 atom stereocenters. The zero-order valence-electron chi connectivity index (χ0n) is 11.2. The summed E-state index contributed by atoms with van der Waals surface area (Å²) in [6, 6.07) is 0. The minimum absolute atomic E-state index is 0.0166. The smallest absolute Gasteiger partial charge is 0.222 e. The molecule has 0 radical (unpaired) electrons. The van der Waals surface area contributed by atoms with Crippen molar-refractivity contribution < 1.29 is 9.53 Å². The first-order valence-corrected chi connectivity index (χ1v) is 5.79. The number of carbonyl (C=O) groups is 1. The molecule has 0 aromatic carbocycles. The molecule has 0 bridgehead atoms. The van der Waals surface area contributed by atoms with Crippen molar-refractivity contribution in [2.24, 2.45) is 11.1 Å². The molecule has 0 heterocycles. The summed E-state index contributed by atoms with van der Waals surface area (Å²) in [5, 5.41) is 0. The summed E-state index contributed by atoms with van der Waals surface area (Å²) in [7, 11) is 3.49. The maximum atomic E-state index is 11.8. The van der Waals surface area contributed by atoms with Gasteiger partial charge in [-0.1, -0.05) is 13.8 Å². The molecule has 1 amide bonds. The highest BCUT2D eigenvalue weighted by atomic mass is 16.5. The van der Waals surface area contributed by atoms with E-state index in [4.69, 9.17) is 10.5 Å². The van der Waals surface area contributed by atoms with Crippen LogP contribution in [-0.2, 0) is 9.53 Å². The van der Waals surface area contributed by atoms with Crippen LogP contribution in [0.25, 0.3) is 0 Å². The second kappa shape index (κ2) is 6.86. The first-order valence-electron chi connectivity index (χ1n) is 5.79. The average molecular weight is 230 g/mol. The monoisotopic (exact) mass is 230 g/mol. The Bertz CT molecular complexity index is 217. The molecule has 0 rings (SSSR count). The van der Waals surface area contributed by atoms with Crippen molar-refractivity contribution in [3.8, 4) is 0 Å². The lowest BCUT2D eigenvalue weighted by atomic mass is 9.93. The van der Waals surface area contributed by atoms with Gasteiger partial charge in [-0.3, -0.25) is 4.79 Å². The lowest BCUT2D eigenvalue weighted by Gasteiger charge is -2.29. The topological polar surface area (TPSA) is 55.6 Å². The van der Waals surface area contributed by atoms with Crippen molar-refractivity contribution >= 4 is 5.91 Å². The molecule has 96 valence electrons. The summed E-state index contributed by atoms with van der Waals surface area (Å²) < 4.78 is 5.11. The number of hydrogen-bond donors (Lipinski definition) is 1. The largest absolute Gasteiger partial charge is 0.382 e. The Morgan fingerprint density at radius 2 is 2.06 bits per heavy atom. The molecule has 0 aliphatic heterocycles. The summed E-state index contributed by atoms with van der Waals surface area (Å²) in [6.07, 6.45) is 1.44. The van der Waals surface area contributed by atoms with E-state index in [2.05, 4.69) is 13.8 Å². The summed E-state index contributed by atoms with van der Waals surface area (Å²) in [5.74, 6) is 0.158. The molecule has 4 nitrogen and oxygen atoms in total. The van der Waals surface area contributed by atoms with Crippen molar-refractivity contribution in [3.63, 3.8) is 0 Å². The summed E-state index contributed by atoms with van der Waals surface area (Å²) in [6.45, 7) is 7.38. The minimum Gasteiger partial charge on any atom is -0.382 e. The normalized spacial score (nSPS) is 13.6. The predicted molar refractivity (Wildman–Crippen MR) is 66.2 cm³/mol. The molecule has 0 spiro atoms. The third-order valence-electron chi connectivity index (χ3n) is 2.81. The number of methoxy groups -OCH3 is 1. The van der Waals surface area contributed by atoms with E-state index in [0.717, 1.165) is 6.42 Å². The van der Waals surface area contributed by atoms with Gasteiger partial charge in [0.05, 0.1) is 6.10 Å². The van der Waals surface area contributed by atoms with E-state index in [9.17, 15) is 4.79 Å². The van der Waals surface area contributed by atoms with Crippen LogP contribution in [0.3, 0.4) is 0 Å². The third-order valence-corrected chi connectivity index (χ3v) is 2.81. The number of ether oxygens (including phenoxy) is 1. The van der Waals surface area contributed by atoms with Gasteiger partial charge in [0.15, 0.2) is 0 Å². The maximum absolute atomic E-state index is 11.8.